The molecule has 128 valence electrons. The van der Waals surface area contributed by atoms with Crippen molar-refractivity contribution in [3.05, 3.63) is 29.8 Å². The predicted octanol–water partition coefficient (Wildman–Crippen LogP) is 3.52. The third kappa shape index (κ3) is 7.38. The number of carbonyl (C=O) groups is 2. The van der Waals surface area contributed by atoms with Crippen LogP contribution in [0.4, 0.5) is 36.8 Å². The normalized spacial score (nSPS) is 11.7. The molecule has 0 heterocycles. The number of carbonyl (C=O) groups excluding carboxylic acids is 2. The van der Waals surface area contributed by atoms with Crippen molar-refractivity contribution in [3.8, 4) is 0 Å². The number of rotatable bonds is 4. The summed E-state index contributed by atoms with van der Waals surface area (Å²) in [4.78, 5) is 22.7. The molecule has 0 aliphatic rings. The first-order valence-electron chi connectivity index (χ1n) is 5.81. The Morgan fingerprint density at radius 1 is 0.913 bits per heavy atom. The number of hydrogen-bond acceptors (Lipinski definition) is 4. The zero-order valence-electron chi connectivity index (χ0n) is 11.1. The van der Waals surface area contributed by atoms with Gasteiger partial charge in [0.2, 0.25) is 0 Å². The van der Waals surface area contributed by atoms with E-state index in [1.807, 2.05) is 5.32 Å². The van der Waals surface area contributed by atoms with E-state index in [0.29, 0.717) is 0 Å². The van der Waals surface area contributed by atoms with Gasteiger partial charge in [0.05, 0.1) is 11.3 Å². The molecule has 0 atom stereocenters. The summed E-state index contributed by atoms with van der Waals surface area (Å²) < 4.78 is 79.5. The minimum Gasteiger partial charge on any atom is -0.452 e. The SMILES string of the molecule is O=C(Nc1ccccc1C(=O)OCC(F)(F)F)OCC(F)(F)F. The summed E-state index contributed by atoms with van der Waals surface area (Å²) in [5.74, 6) is -1.41. The van der Waals surface area contributed by atoms with Crippen LogP contribution in [0.1, 0.15) is 10.4 Å². The molecule has 0 fully saturated rings. The summed E-state index contributed by atoms with van der Waals surface area (Å²) in [6.07, 6.45) is -11.0. The van der Waals surface area contributed by atoms with Crippen molar-refractivity contribution >= 4 is 17.7 Å². The first-order chi connectivity index (χ1) is 10.5. The van der Waals surface area contributed by atoms with Crippen LogP contribution in [-0.2, 0) is 9.47 Å². The Bertz CT molecular complexity index is 569. The predicted molar refractivity (Wildman–Crippen MR) is 63.8 cm³/mol. The number of ether oxygens (including phenoxy) is 2. The Morgan fingerprint density at radius 3 is 2.00 bits per heavy atom. The van der Waals surface area contributed by atoms with Crippen LogP contribution in [-0.4, -0.2) is 37.6 Å². The maximum absolute atomic E-state index is 12.0. The lowest BCUT2D eigenvalue weighted by Crippen LogP contribution is -2.25. The molecule has 5 nitrogen and oxygen atoms in total. The molecule has 1 N–H and O–H groups in total. The largest absolute Gasteiger partial charge is 0.452 e. The van der Waals surface area contributed by atoms with Gasteiger partial charge in [-0.15, -0.1) is 0 Å². The van der Waals surface area contributed by atoms with Gasteiger partial charge in [-0.3, -0.25) is 5.32 Å². The van der Waals surface area contributed by atoms with Gasteiger partial charge in [-0.05, 0) is 12.1 Å². The van der Waals surface area contributed by atoms with Crippen LogP contribution in [0, 0.1) is 0 Å². The highest BCUT2D eigenvalue weighted by atomic mass is 19.4. The van der Waals surface area contributed by atoms with E-state index >= 15 is 0 Å². The van der Waals surface area contributed by atoms with Gasteiger partial charge in [-0.2, -0.15) is 26.3 Å². The Balaban J connectivity index is 2.73. The number of benzene rings is 1. The molecule has 0 spiro atoms. The quantitative estimate of drug-likeness (QED) is 0.670. The Hall–Kier alpha value is -2.46. The minimum atomic E-state index is -4.75. The third-order valence-electron chi connectivity index (χ3n) is 2.12. The standard InChI is InChI=1S/C12H9F6NO4/c13-11(14,15)5-22-9(20)7-3-1-2-4-8(7)19-10(21)23-6-12(16,17)18/h1-4H,5-6H2,(H,19,21). The fraction of sp³-hybridized carbons (Fsp3) is 0.333. The average molecular weight is 345 g/mol. The molecule has 0 unspecified atom stereocenters. The van der Waals surface area contributed by atoms with E-state index in [1.54, 1.807) is 0 Å². The number of alkyl halides is 6. The molecule has 23 heavy (non-hydrogen) atoms. The number of hydrogen-bond donors (Lipinski definition) is 1. The summed E-state index contributed by atoms with van der Waals surface area (Å²) >= 11 is 0. The van der Waals surface area contributed by atoms with Crippen LogP contribution in [0.5, 0.6) is 0 Å². The van der Waals surface area contributed by atoms with E-state index in [-0.39, 0.29) is 5.69 Å². The molecule has 0 aromatic heterocycles. The Kier molecular flexibility index (Phi) is 5.82. The number of anilines is 1. The van der Waals surface area contributed by atoms with Crippen molar-refractivity contribution in [1.29, 1.82) is 0 Å². The Labute approximate surface area is 125 Å². The summed E-state index contributed by atoms with van der Waals surface area (Å²) in [5.41, 5.74) is -0.826. The van der Waals surface area contributed by atoms with Gasteiger partial charge in [0.1, 0.15) is 0 Å². The lowest BCUT2D eigenvalue weighted by atomic mass is 10.2. The summed E-state index contributed by atoms with van der Waals surface area (Å²) in [6.45, 7) is -3.71. The molecular weight excluding hydrogens is 336 g/mol. The smallest absolute Gasteiger partial charge is 0.422 e. The summed E-state index contributed by atoms with van der Waals surface area (Å²) in [5, 5.41) is 1.82. The second kappa shape index (κ2) is 7.20. The van der Waals surface area contributed by atoms with Crippen LogP contribution in [0.2, 0.25) is 0 Å². The average Bonchev–Trinajstić information content (AvgIpc) is 2.42. The summed E-state index contributed by atoms with van der Waals surface area (Å²) in [6, 6.07) is 4.66. The van der Waals surface area contributed by atoms with Crippen LogP contribution in [0.3, 0.4) is 0 Å². The molecule has 1 rings (SSSR count). The number of nitrogens with one attached hydrogen (secondary N) is 1. The molecule has 1 aromatic carbocycles. The highest BCUT2D eigenvalue weighted by Gasteiger charge is 2.31. The van der Waals surface area contributed by atoms with E-state index in [0.717, 1.165) is 12.1 Å². The number of para-hydroxylation sites is 1. The van der Waals surface area contributed by atoms with Gasteiger partial charge >= 0.3 is 24.4 Å². The van der Waals surface area contributed by atoms with E-state index in [9.17, 15) is 35.9 Å². The number of halogens is 6. The maximum Gasteiger partial charge on any atom is 0.422 e. The monoisotopic (exact) mass is 345 g/mol. The van der Waals surface area contributed by atoms with Gasteiger partial charge in [0, 0.05) is 0 Å². The Morgan fingerprint density at radius 2 is 1.43 bits per heavy atom. The number of amides is 1. The second-order valence-corrected chi connectivity index (χ2v) is 4.05. The molecule has 0 saturated heterocycles. The molecule has 0 bridgehead atoms. The molecule has 0 saturated carbocycles. The fourth-order valence-corrected chi connectivity index (χ4v) is 1.29. The third-order valence-corrected chi connectivity index (χ3v) is 2.12. The van der Waals surface area contributed by atoms with Crippen molar-refractivity contribution in [2.45, 2.75) is 12.4 Å². The maximum atomic E-state index is 12.0. The highest BCUT2D eigenvalue weighted by Crippen LogP contribution is 2.20. The van der Waals surface area contributed by atoms with Gasteiger partial charge in [0.25, 0.3) is 0 Å². The van der Waals surface area contributed by atoms with Crippen molar-refractivity contribution in [2.24, 2.45) is 0 Å². The van der Waals surface area contributed by atoms with Crippen LogP contribution < -0.4 is 5.32 Å². The molecule has 0 radical (unpaired) electrons. The van der Waals surface area contributed by atoms with Gasteiger partial charge in [-0.25, -0.2) is 9.59 Å². The van der Waals surface area contributed by atoms with E-state index in [4.69, 9.17) is 0 Å². The van der Waals surface area contributed by atoms with Crippen LogP contribution in [0.15, 0.2) is 24.3 Å². The van der Waals surface area contributed by atoms with Crippen molar-refractivity contribution < 1.29 is 45.4 Å². The van der Waals surface area contributed by atoms with E-state index in [1.165, 1.54) is 12.1 Å². The number of esters is 1. The lowest BCUT2D eigenvalue weighted by Gasteiger charge is -2.12. The minimum absolute atomic E-state index is 0.355. The summed E-state index contributed by atoms with van der Waals surface area (Å²) in [7, 11) is 0. The van der Waals surface area contributed by atoms with Crippen molar-refractivity contribution in [3.63, 3.8) is 0 Å². The first kappa shape index (κ1) is 18.6. The van der Waals surface area contributed by atoms with Crippen LogP contribution in [0.25, 0.3) is 0 Å². The first-order valence-corrected chi connectivity index (χ1v) is 5.81. The van der Waals surface area contributed by atoms with Gasteiger partial charge < -0.3 is 9.47 Å². The van der Waals surface area contributed by atoms with E-state index in [2.05, 4.69) is 9.47 Å². The topological polar surface area (TPSA) is 64.6 Å². The molecule has 0 aliphatic carbocycles. The molecule has 1 amide bonds. The van der Waals surface area contributed by atoms with Gasteiger partial charge in [0.15, 0.2) is 13.2 Å². The molecule has 11 heteroatoms. The second-order valence-electron chi connectivity index (χ2n) is 4.05. The van der Waals surface area contributed by atoms with Crippen molar-refractivity contribution in [1.82, 2.24) is 0 Å². The zero-order chi connectivity index (χ0) is 17.7. The zero-order valence-corrected chi connectivity index (χ0v) is 11.1. The van der Waals surface area contributed by atoms with Gasteiger partial charge in [-0.1, -0.05) is 12.1 Å². The van der Waals surface area contributed by atoms with Crippen LogP contribution >= 0.6 is 0 Å². The lowest BCUT2D eigenvalue weighted by molar-refractivity contribution is -0.161. The highest BCUT2D eigenvalue weighted by molar-refractivity contribution is 5.99. The van der Waals surface area contributed by atoms with Crippen molar-refractivity contribution in [2.75, 3.05) is 18.5 Å². The van der Waals surface area contributed by atoms with E-state index < -0.39 is 43.2 Å². The molecule has 1 aromatic rings. The fourth-order valence-electron chi connectivity index (χ4n) is 1.29. The molecule has 0 aliphatic heterocycles. The molecular formula is C12H9F6NO4.